The molecule has 36 heavy (non-hydrogen) atoms. The van der Waals surface area contributed by atoms with Gasteiger partial charge in [0.2, 0.25) is 0 Å². The first-order valence-electron chi connectivity index (χ1n) is 10.8. The molecule has 2 aromatic carbocycles. The number of hydrogen-bond acceptors (Lipinski definition) is 6. The van der Waals surface area contributed by atoms with Gasteiger partial charge in [0.15, 0.2) is 6.61 Å². The van der Waals surface area contributed by atoms with E-state index in [9.17, 15) is 22.8 Å². The molecule has 4 rings (SSSR count). The molecule has 188 valence electrons. The number of aromatic nitrogens is 2. The lowest BCUT2D eigenvalue weighted by Gasteiger charge is -2.10. The van der Waals surface area contributed by atoms with E-state index in [1.165, 1.54) is 23.5 Å². The number of H-pyrrole nitrogens is 1. The number of aryl methyl sites for hydroxylation is 2. The van der Waals surface area contributed by atoms with Gasteiger partial charge in [0.05, 0.1) is 6.54 Å². The molecule has 12 heteroatoms. The van der Waals surface area contributed by atoms with E-state index in [4.69, 9.17) is 10.5 Å². The fourth-order valence-corrected chi connectivity index (χ4v) is 4.55. The number of nitrogens with one attached hydrogen (secondary N) is 2. The Kier molecular flexibility index (Phi) is 7.44. The number of nitrogens with zero attached hydrogens (tertiary/aromatic N) is 1. The topological polar surface area (TPSA) is 119 Å². The van der Waals surface area contributed by atoms with Crippen LogP contribution in [0.1, 0.15) is 25.9 Å². The first kappa shape index (κ1) is 25.0. The number of rotatable bonds is 10. The van der Waals surface area contributed by atoms with Gasteiger partial charge in [0.1, 0.15) is 22.2 Å². The van der Waals surface area contributed by atoms with Gasteiger partial charge in [-0.1, -0.05) is 18.2 Å². The van der Waals surface area contributed by atoms with Crippen molar-refractivity contribution in [3.05, 3.63) is 75.9 Å². The number of para-hydroxylation sites is 1. The number of hydrogen-bond donors (Lipinski definition) is 3. The summed E-state index contributed by atoms with van der Waals surface area (Å²) in [5, 5.41) is 4.26. The summed E-state index contributed by atoms with van der Waals surface area (Å²) in [4.78, 5) is 32.3. The van der Waals surface area contributed by atoms with E-state index < -0.39 is 23.9 Å². The van der Waals surface area contributed by atoms with Crippen molar-refractivity contribution in [1.82, 2.24) is 15.3 Å². The molecular weight excluding hydrogens is 497 g/mol. The third-order valence-electron chi connectivity index (χ3n) is 5.14. The molecule has 8 nitrogen and oxygen atoms in total. The highest BCUT2D eigenvalue weighted by atomic mass is 32.1. The van der Waals surface area contributed by atoms with Crippen LogP contribution in [-0.2, 0) is 24.2 Å². The highest BCUT2D eigenvalue weighted by Gasteiger charge is 2.31. The van der Waals surface area contributed by atoms with Crippen LogP contribution < -0.4 is 20.5 Å². The second-order valence-electron chi connectivity index (χ2n) is 7.69. The zero-order chi connectivity index (χ0) is 25.7. The average Bonchev–Trinajstić information content (AvgIpc) is 3.44. The summed E-state index contributed by atoms with van der Waals surface area (Å²) in [6.45, 7) is -0.292. The van der Waals surface area contributed by atoms with Crippen LogP contribution in [0.25, 0.3) is 10.9 Å². The van der Waals surface area contributed by atoms with Gasteiger partial charge in [-0.3, -0.25) is 9.59 Å². The molecular formula is C24H21F3N4O4S. The molecule has 0 saturated carbocycles. The van der Waals surface area contributed by atoms with Crippen molar-refractivity contribution < 1.29 is 32.2 Å². The lowest BCUT2D eigenvalue weighted by atomic mass is 10.1. The van der Waals surface area contributed by atoms with Crippen molar-refractivity contribution in [3.8, 4) is 11.5 Å². The Labute approximate surface area is 207 Å². The van der Waals surface area contributed by atoms with Gasteiger partial charge in [-0.2, -0.15) is 0 Å². The van der Waals surface area contributed by atoms with E-state index in [2.05, 4.69) is 20.0 Å². The Morgan fingerprint density at radius 1 is 1.06 bits per heavy atom. The van der Waals surface area contributed by atoms with E-state index in [1.54, 1.807) is 0 Å². The van der Waals surface area contributed by atoms with E-state index in [0.29, 0.717) is 17.8 Å². The molecule has 0 spiro atoms. The normalized spacial score (nSPS) is 11.4. The van der Waals surface area contributed by atoms with Crippen LogP contribution in [0.15, 0.2) is 54.7 Å². The minimum absolute atomic E-state index is 0.0680. The number of fused-ring (bicyclic) bond motifs is 1. The largest absolute Gasteiger partial charge is 0.573 e. The standard InChI is InChI=1S/C24H21F3N4O4S/c25-24(26,27)35-16-8-6-15(7-9-16)34-13-20(32)30-12-21-31-22(23(28)33)19(36-21)10-5-14-11-29-18-4-2-1-3-17(14)18/h1-4,6-9,11,29H,5,10,12-13H2,(H2,28,33)(H,30,32). The lowest BCUT2D eigenvalue weighted by molar-refractivity contribution is -0.274. The smallest absolute Gasteiger partial charge is 0.484 e. The van der Waals surface area contributed by atoms with Crippen molar-refractivity contribution >= 4 is 34.1 Å². The number of primary amides is 1. The monoisotopic (exact) mass is 518 g/mol. The maximum absolute atomic E-state index is 12.2. The molecule has 0 aliphatic rings. The molecule has 0 bridgehead atoms. The Morgan fingerprint density at radius 2 is 1.78 bits per heavy atom. The van der Waals surface area contributed by atoms with Gasteiger partial charge in [-0.05, 0) is 48.7 Å². The van der Waals surface area contributed by atoms with Crippen LogP contribution in [0.3, 0.4) is 0 Å². The van der Waals surface area contributed by atoms with Gasteiger partial charge in [0, 0.05) is 22.0 Å². The Hall–Kier alpha value is -4.06. The van der Waals surface area contributed by atoms with Gasteiger partial charge >= 0.3 is 6.36 Å². The van der Waals surface area contributed by atoms with Crippen LogP contribution in [0, 0.1) is 0 Å². The highest BCUT2D eigenvalue weighted by Crippen LogP contribution is 2.25. The number of aromatic amines is 1. The number of ether oxygens (including phenoxy) is 2. The molecule has 0 aliphatic carbocycles. The summed E-state index contributed by atoms with van der Waals surface area (Å²) in [5.74, 6) is -1.31. The zero-order valence-electron chi connectivity index (χ0n) is 18.7. The molecule has 4 N–H and O–H groups in total. The van der Waals surface area contributed by atoms with Crippen molar-refractivity contribution in [2.45, 2.75) is 25.7 Å². The number of nitrogens with two attached hydrogens (primary N) is 1. The number of alkyl halides is 3. The van der Waals surface area contributed by atoms with Gasteiger partial charge in [0.25, 0.3) is 11.8 Å². The van der Waals surface area contributed by atoms with Crippen LogP contribution in [0.5, 0.6) is 11.5 Å². The van der Waals surface area contributed by atoms with E-state index in [0.717, 1.165) is 33.5 Å². The van der Waals surface area contributed by atoms with Gasteiger partial charge < -0.3 is 25.5 Å². The first-order chi connectivity index (χ1) is 17.2. The molecule has 4 aromatic rings. The van der Waals surface area contributed by atoms with E-state index in [-0.39, 0.29) is 24.6 Å². The minimum atomic E-state index is -4.79. The molecule has 2 heterocycles. The number of thiazole rings is 1. The van der Waals surface area contributed by atoms with Crippen LogP contribution in [-0.4, -0.2) is 34.8 Å². The molecule has 0 saturated heterocycles. The summed E-state index contributed by atoms with van der Waals surface area (Å²) in [7, 11) is 0. The van der Waals surface area contributed by atoms with Crippen molar-refractivity contribution in [2.24, 2.45) is 5.73 Å². The molecule has 0 fully saturated rings. The summed E-state index contributed by atoms with van der Waals surface area (Å²) in [5.41, 5.74) is 7.82. The maximum atomic E-state index is 12.2. The summed E-state index contributed by atoms with van der Waals surface area (Å²) >= 11 is 1.29. The number of carbonyl (C=O) groups is 2. The van der Waals surface area contributed by atoms with Crippen LogP contribution in [0.2, 0.25) is 0 Å². The molecule has 0 atom stereocenters. The Bertz CT molecular complexity index is 1370. The third kappa shape index (κ3) is 6.54. The maximum Gasteiger partial charge on any atom is 0.573 e. The summed E-state index contributed by atoms with van der Waals surface area (Å²) < 4.78 is 45.7. The second kappa shape index (κ2) is 10.7. The van der Waals surface area contributed by atoms with Crippen LogP contribution >= 0.6 is 11.3 Å². The molecule has 2 aromatic heterocycles. The van der Waals surface area contributed by atoms with Crippen molar-refractivity contribution in [1.29, 1.82) is 0 Å². The number of halogens is 3. The van der Waals surface area contributed by atoms with E-state index in [1.807, 2.05) is 30.5 Å². The summed E-state index contributed by atoms with van der Waals surface area (Å²) in [6, 6.07) is 12.6. The van der Waals surface area contributed by atoms with Crippen molar-refractivity contribution in [2.75, 3.05) is 6.61 Å². The van der Waals surface area contributed by atoms with Crippen molar-refractivity contribution in [3.63, 3.8) is 0 Å². The quantitative estimate of drug-likeness (QED) is 0.292. The second-order valence-corrected chi connectivity index (χ2v) is 8.86. The van der Waals surface area contributed by atoms with Gasteiger partial charge in [-0.15, -0.1) is 24.5 Å². The molecule has 2 amide bonds. The fraction of sp³-hybridized carbons (Fsp3) is 0.208. The number of carbonyl (C=O) groups excluding carboxylic acids is 2. The summed E-state index contributed by atoms with van der Waals surface area (Å²) in [6.07, 6.45) is -1.61. The molecule has 0 radical (unpaired) electrons. The van der Waals surface area contributed by atoms with Crippen LogP contribution in [0.4, 0.5) is 13.2 Å². The Morgan fingerprint density at radius 3 is 2.50 bits per heavy atom. The number of benzene rings is 2. The zero-order valence-corrected chi connectivity index (χ0v) is 19.5. The molecule has 0 aliphatic heterocycles. The van der Waals surface area contributed by atoms with Gasteiger partial charge in [-0.25, -0.2) is 4.98 Å². The van der Waals surface area contributed by atoms with E-state index >= 15 is 0 Å². The lowest BCUT2D eigenvalue weighted by Crippen LogP contribution is -2.28. The molecule has 0 unspecified atom stereocenters. The predicted molar refractivity (Wildman–Crippen MR) is 127 cm³/mol. The predicted octanol–water partition coefficient (Wildman–Crippen LogP) is 4.10. The SMILES string of the molecule is NC(=O)c1nc(CNC(=O)COc2ccc(OC(F)(F)F)cc2)sc1CCc1c[nH]c2ccccc12. The fourth-order valence-electron chi connectivity index (χ4n) is 3.54. The average molecular weight is 519 g/mol. The number of amides is 2. The highest BCUT2D eigenvalue weighted by molar-refractivity contribution is 7.11. The third-order valence-corrected chi connectivity index (χ3v) is 6.25. The Balaban J connectivity index is 1.30. The first-order valence-corrected chi connectivity index (χ1v) is 11.6. The minimum Gasteiger partial charge on any atom is -0.484 e.